The van der Waals surface area contributed by atoms with Crippen molar-refractivity contribution in [2.24, 2.45) is 0 Å². The molecule has 0 amide bonds. The Balaban J connectivity index is 2.04. The first kappa shape index (κ1) is 14.9. The maximum Gasteiger partial charge on any atom is 0.337 e. The Morgan fingerprint density at radius 3 is 2.38 bits per heavy atom. The van der Waals surface area contributed by atoms with Gasteiger partial charge in [-0.3, -0.25) is 0 Å². The van der Waals surface area contributed by atoms with Crippen molar-refractivity contribution in [3.05, 3.63) is 59.2 Å². The molecule has 0 saturated carbocycles. The fourth-order valence-corrected chi connectivity index (χ4v) is 2.05. The van der Waals surface area contributed by atoms with Crippen molar-refractivity contribution < 1.29 is 14.3 Å². The minimum absolute atomic E-state index is 0.320. The Kier molecular flexibility index (Phi) is 4.82. The lowest BCUT2D eigenvalue weighted by Gasteiger charge is -2.11. The number of rotatable bonds is 5. The van der Waals surface area contributed by atoms with Gasteiger partial charge >= 0.3 is 5.97 Å². The number of nitrogens with one attached hydrogen (secondary N) is 1. The molecule has 0 spiro atoms. The van der Waals surface area contributed by atoms with E-state index >= 15 is 0 Å². The first-order chi connectivity index (χ1) is 10.1. The Labute approximate surface area is 124 Å². The summed E-state index contributed by atoms with van der Waals surface area (Å²) in [4.78, 5) is 11.5. The second-order valence-electron chi connectivity index (χ2n) is 4.72. The van der Waals surface area contributed by atoms with Gasteiger partial charge in [-0.2, -0.15) is 0 Å². The summed E-state index contributed by atoms with van der Waals surface area (Å²) in [5.41, 5.74) is 3.72. The zero-order valence-electron chi connectivity index (χ0n) is 12.5. The number of anilines is 1. The number of carbonyl (C=O) groups excluding carboxylic acids is 1. The largest absolute Gasteiger partial charge is 0.497 e. The molecule has 0 heterocycles. The zero-order valence-corrected chi connectivity index (χ0v) is 12.5. The average molecular weight is 285 g/mol. The van der Waals surface area contributed by atoms with E-state index in [0.717, 1.165) is 22.6 Å². The van der Waals surface area contributed by atoms with Crippen LogP contribution < -0.4 is 10.1 Å². The number of ether oxygens (including phenoxy) is 2. The predicted octanol–water partition coefficient (Wildman–Crippen LogP) is 3.40. The van der Waals surface area contributed by atoms with Gasteiger partial charge in [-0.25, -0.2) is 4.79 Å². The molecular weight excluding hydrogens is 266 g/mol. The van der Waals surface area contributed by atoms with Gasteiger partial charge in [-0.1, -0.05) is 12.1 Å². The van der Waals surface area contributed by atoms with Crippen LogP contribution in [0.25, 0.3) is 0 Å². The first-order valence-electron chi connectivity index (χ1n) is 6.70. The van der Waals surface area contributed by atoms with E-state index in [2.05, 4.69) is 5.32 Å². The molecule has 4 nitrogen and oxygen atoms in total. The van der Waals surface area contributed by atoms with Crippen LogP contribution in [0, 0.1) is 6.92 Å². The van der Waals surface area contributed by atoms with Crippen LogP contribution in [0.1, 0.15) is 21.5 Å². The summed E-state index contributed by atoms with van der Waals surface area (Å²) in [5.74, 6) is 0.525. The SMILES string of the molecule is COC(=O)c1ccc(NCc2ccc(OC)cc2)c(C)c1. The van der Waals surface area contributed by atoms with Gasteiger partial charge in [0.2, 0.25) is 0 Å². The van der Waals surface area contributed by atoms with Crippen LogP contribution in [0.5, 0.6) is 5.75 Å². The van der Waals surface area contributed by atoms with Gasteiger partial charge in [0.1, 0.15) is 5.75 Å². The van der Waals surface area contributed by atoms with Gasteiger partial charge in [-0.05, 0) is 48.4 Å². The van der Waals surface area contributed by atoms with E-state index in [0.29, 0.717) is 12.1 Å². The Morgan fingerprint density at radius 2 is 1.81 bits per heavy atom. The highest BCUT2D eigenvalue weighted by atomic mass is 16.5. The van der Waals surface area contributed by atoms with E-state index in [4.69, 9.17) is 9.47 Å². The third-order valence-electron chi connectivity index (χ3n) is 3.29. The fourth-order valence-electron chi connectivity index (χ4n) is 2.05. The summed E-state index contributed by atoms with van der Waals surface area (Å²) in [6, 6.07) is 13.4. The molecule has 2 rings (SSSR count). The quantitative estimate of drug-likeness (QED) is 0.855. The second-order valence-corrected chi connectivity index (χ2v) is 4.72. The van der Waals surface area contributed by atoms with Crippen molar-refractivity contribution >= 4 is 11.7 Å². The summed E-state index contributed by atoms with van der Waals surface area (Å²) >= 11 is 0. The Morgan fingerprint density at radius 1 is 1.10 bits per heavy atom. The highest BCUT2D eigenvalue weighted by Crippen LogP contribution is 2.19. The number of esters is 1. The third kappa shape index (κ3) is 3.75. The van der Waals surface area contributed by atoms with Gasteiger partial charge in [0.15, 0.2) is 0 Å². The second kappa shape index (κ2) is 6.79. The van der Waals surface area contributed by atoms with Crippen molar-refractivity contribution in [2.45, 2.75) is 13.5 Å². The first-order valence-corrected chi connectivity index (χ1v) is 6.70. The topological polar surface area (TPSA) is 47.6 Å². The lowest BCUT2D eigenvalue weighted by molar-refractivity contribution is 0.0600. The van der Waals surface area contributed by atoms with Crippen molar-refractivity contribution in [3.8, 4) is 5.75 Å². The van der Waals surface area contributed by atoms with Crippen LogP contribution in [-0.2, 0) is 11.3 Å². The fraction of sp³-hybridized carbons (Fsp3) is 0.235. The van der Waals surface area contributed by atoms with Crippen molar-refractivity contribution in [1.29, 1.82) is 0 Å². The molecule has 110 valence electrons. The standard InChI is InChI=1S/C17H19NO3/c1-12-10-14(17(19)21-3)6-9-16(12)18-11-13-4-7-15(20-2)8-5-13/h4-10,18H,11H2,1-3H3. The number of hydrogen-bond donors (Lipinski definition) is 1. The van der Waals surface area contributed by atoms with Gasteiger partial charge in [-0.15, -0.1) is 0 Å². The van der Waals surface area contributed by atoms with Crippen LogP contribution >= 0.6 is 0 Å². The molecule has 0 aromatic heterocycles. The maximum absolute atomic E-state index is 11.5. The molecule has 0 bridgehead atoms. The van der Waals surface area contributed by atoms with Crippen LogP contribution in [0.4, 0.5) is 5.69 Å². The number of aryl methyl sites for hydroxylation is 1. The number of methoxy groups -OCH3 is 2. The van der Waals surface area contributed by atoms with Crippen molar-refractivity contribution in [1.82, 2.24) is 0 Å². The molecule has 0 aliphatic heterocycles. The Bertz CT molecular complexity index is 620. The van der Waals surface area contributed by atoms with Crippen LogP contribution in [0.15, 0.2) is 42.5 Å². The van der Waals surface area contributed by atoms with E-state index in [-0.39, 0.29) is 5.97 Å². The molecule has 0 fully saturated rings. The van der Waals surface area contributed by atoms with E-state index in [9.17, 15) is 4.79 Å². The summed E-state index contributed by atoms with van der Waals surface area (Å²) in [6.07, 6.45) is 0. The molecule has 0 unspecified atom stereocenters. The molecule has 0 saturated heterocycles. The minimum Gasteiger partial charge on any atom is -0.497 e. The molecule has 21 heavy (non-hydrogen) atoms. The molecule has 0 aliphatic carbocycles. The molecule has 2 aromatic rings. The van der Waals surface area contributed by atoms with E-state index in [1.54, 1.807) is 13.2 Å². The lowest BCUT2D eigenvalue weighted by Crippen LogP contribution is -2.04. The maximum atomic E-state index is 11.5. The molecular formula is C17H19NO3. The molecule has 0 atom stereocenters. The lowest BCUT2D eigenvalue weighted by atomic mass is 10.1. The highest BCUT2D eigenvalue weighted by molar-refractivity contribution is 5.90. The zero-order chi connectivity index (χ0) is 15.2. The summed E-state index contributed by atoms with van der Waals surface area (Å²) in [5, 5.41) is 3.36. The average Bonchev–Trinajstić information content (AvgIpc) is 2.53. The van der Waals surface area contributed by atoms with Gasteiger partial charge < -0.3 is 14.8 Å². The molecule has 1 N–H and O–H groups in total. The summed E-state index contributed by atoms with van der Waals surface area (Å²) < 4.78 is 9.84. The third-order valence-corrected chi connectivity index (χ3v) is 3.29. The highest BCUT2D eigenvalue weighted by Gasteiger charge is 2.07. The summed E-state index contributed by atoms with van der Waals surface area (Å²) in [7, 11) is 3.03. The van der Waals surface area contributed by atoms with Gasteiger partial charge in [0.05, 0.1) is 19.8 Å². The smallest absolute Gasteiger partial charge is 0.337 e. The van der Waals surface area contributed by atoms with Gasteiger partial charge in [0.25, 0.3) is 0 Å². The molecule has 2 aromatic carbocycles. The monoisotopic (exact) mass is 285 g/mol. The molecule has 0 aliphatic rings. The molecule has 0 radical (unpaired) electrons. The van der Waals surface area contributed by atoms with E-state index in [1.165, 1.54) is 7.11 Å². The number of carbonyl (C=O) groups is 1. The van der Waals surface area contributed by atoms with Crippen molar-refractivity contribution in [2.75, 3.05) is 19.5 Å². The number of hydrogen-bond acceptors (Lipinski definition) is 4. The van der Waals surface area contributed by atoms with Crippen LogP contribution in [0.3, 0.4) is 0 Å². The van der Waals surface area contributed by atoms with Gasteiger partial charge in [0, 0.05) is 12.2 Å². The normalized spacial score (nSPS) is 10.0. The van der Waals surface area contributed by atoms with E-state index < -0.39 is 0 Å². The summed E-state index contributed by atoms with van der Waals surface area (Å²) in [6.45, 7) is 2.67. The van der Waals surface area contributed by atoms with Crippen LogP contribution in [0.2, 0.25) is 0 Å². The molecule has 4 heteroatoms. The van der Waals surface area contributed by atoms with Crippen LogP contribution in [-0.4, -0.2) is 20.2 Å². The van der Waals surface area contributed by atoms with E-state index in [1.807, 2.05) is 43.3 Å². The Hall–Kier alpha value is -2.49. The minimum atomic E-state index is -0.320. The van der Waals surface area contributed by atoms with Crippen molar-refractivity contribution in [3.63, 3.8) is 0 Å². The number of benzene rings is 2. The predicted molar refractivity (Wildman–Crippen MR) is 82.8 cm³/mol.